The molecule has 0 heterocycles. The number of aryl methyl sites for hydroxylation is 1. The van der Waals surface area contributed by atoms with Crippen molar-refractivity contribution in [2.75, 3.05) is 12.4 Å². The van der Waals surface area contributed by atoms with E-state index in [-0.39, 0.29) is 0 Å². The third kappa shape index (κ3) is 5.45. The van der Waals surface area contributed by atoms with Crippen molar-refractivity contribution in [3.63, 3.8) is 0 Å². The average Bonchev–Trinajstić information content (AvgIpc) is 2.63. The molecule has 1 atom stereocenters. The third-order valence-electron chi connectivity index (χ3n) is 3.94. The zero-order chi connectivity index (χ0) is 20.9. The number of amides is 1. The molecule has 0 aliphatic carbocycles. The van der Waals surface area contributed by atoms with E-state index in [1.54, 1.807) is 12.1 Å². The highest BCUT2D eigenvalue weighted by molar-refractivity contribution is 5.96. The number of halogens is 1. The second-order valence-electron chi connectivity index (χ2n) is 6.81. The van der Waals surface area contributed by atoms with Crippen LogP contribution in [0.3, 0.4) is 0 Å². The monoisotopic (exact) mass is 389 g/mol. The van der Waals surface area contributed by atoms with Gasteiger partial charge in [-0.05, 0) is 69.7 Å². The maximum absolute atomic E-state index is 13.0. The van der Waals surface area contributed by atoms with Crippen LogP contribution in [0.4, 0.5) is 10.1 Å². The number of rotatable bonds is 7. The van der Waals surface area contributed by atoms with Crippen LogP contribution in [0.1, 0.15) is 26.3 Å². The summed E-state index contributed by atoms with van der Waals surface area (Å²) in [5.41, 5.74) is 0.0553. The Bertz CT molecular complexity index is 848. The van der Waals surface area contributed by atoms with Gasteiger partial charge in [0.1, 0.15) is 17.3 Å². The van der Waals surface area contributed by atoms with Crippen LogP contribution < -0.4 is 14.8 Å². The number of methoxy groups -OCH3 is 1. The van der Waals surface area contributed by atoms with Crippen molar-refractivity contribution in [3.05, 3.63) is 53.8 Å². The molecule has 0 radical (unpaired) electrons. The number of ether oxygens (including phenoxy) is 3. The first-order valence-electron chi connectivity index (χ1n) is 8.73. The summed E-state index contributed by atoms with van der Waals surface area (Å²) < 4.78 is 29.1. The lowest BCUT2D eigenvalue weighted by Gasteiger charge is -2.26. The van der Waals surface area contributed by atoms with Crippen molar-refractivity contribution in [3.8, 4) is 11.5 Å². The lowest BCUT2D eigenvalue weighted by Crippen LogP contribution is -2.43. The van der Waals surface area contributed by atoms with Crippen molar-refractivity contribution in [1.82, 2.24) is 0 Å². The largest absolute Gasteiger partial charge is 0.495 e. The van der Waals surface area contributed by atoms with Crippen LogP contribution in [0, 0.1) is 12.7 Å². The number of hydrogen-bond acceptors (Lipinski definition) is 5. The smallest absolute Gasteiger partial charge is 0.350 e. The summed E-state index contributed by atoms with van der Waals surface area (Å²) in [6.07, 6.45) is -1.06. The first-order valence-corrected chi connectivity index (χ1v) is 8.73. The van der Waals surface area contributed by atoms with Crippen LogP contribution in [0.5, 0.6) is 11.5 Å². The van der Waals surface area contributed by atoms with Gasteiger partial charge in [-0.1, -0.05) is 6.07 Å². The number of esters is 1. The standard InChI is InChI=1S/C21H24FNO5/c1-13-6-11-18(26-5)17(12-13)23-19(24)14(2)27-20(25)21(3,4)28-16-9-7-15(22)8-10-16/h6-12,14H,1-5H3,(H,23,24)/t14-/m0/s1. The summed E-state index contributed by atoms with van der Waals surface area (Å²) in [7, 11) is 1.50. The Morgan fingerprint density at radius 3 is 2.36 bits per heavy atom. The van der Waals surface area contributed by atoms with Gasteiger partial charge in [0.2, 0.25) is 0 Å². The number of hydrogen-bond donors (Lipinski definition) is 1. The first-order chi connectivity index (χ1) is 13.1. The van der Waals surface area contributed by atoms with Gasteiger partial charge in [-0.15, -0.1) is 0 Å². The van der Waals surface area contributed by atoms with Crippen LogP contribution in [0.25, 0.3) is 0 Å². The normalized spacial score (nSPS) is 12.1. The fraction of sp³-hybridized carbons (Fsp3) is 0.333. The van der Waals surface area contributed by atoms with E-state index in [0.29, 0.717) is 17.2 Å². The molecule has 0 unspecified atom stereocenters. The molecule has 0 spiro atoms. The summed E-state index contributed by atoms with van der Waals surface area (Å²) >= 11 is 0. The molecule has 150 valence electrons. The summed E-state index contributed by atoms with van der Waals surface area (Å²) in [5, 5.41) is 2.69. The quantitative estimate of drug-likeness (QED) is 0.728. The molecule has 0 saturated heterocycles. The van der Waals surface area contributed by atoms with Crippen molar-refractivity contribution in [1.29, 1.82) is 0 Å². The molecule has 0 fully saturated rings. The van der Waals surface area contributed by atoms with Gasteiger partial charge in [-0.25, -0.2) is 9.18 Å². The zero-order valence-corrected chi connectivity index (χ0v) is 16.5. The van der Waals surface area contributed by atoms with E-state index in [9.17, 15) is 14.0 Å². The van der Waals surface area contributed by atoms with Gasteiger partial charge in [-0.2, -0.15) is 0 Å². The van der Waals surface area contributed by atoms with Crippen LogP contribution in [-0.4, -0.2) is 30.7 Å². The number of benzene rings is 2. The summed E-state index contributed by atoms with van der Waals surface area (Å²) in [6.45, 7) is 6.36. The van der Waals surface area contributed by atoms with E-state index in [0.717, 1.165) is 5.56 Å². The maximum atomic E-state index is 13.0. The van der Waals surface area contributed by atoms with Crippen molar-refractivity contribution in [2.45, 2.75) is 39.4 Å². The molecule has 0 aliphatic rings. The molecule has 0 bridgehead atoms. The molecular formula is C21H24FNO5. The summed E-state index contributed by atoms with van der Waals surface area (Å²) in [5.74, 6) is -0.836. The summed E-state index contributed by atoms with van der Waals surface area (Å²) in [4.78, 5) is 24.9. The molecule has 6 nitrogen and oxygen atoms in total. The topological polar surface area (TPSA) is 73.9 Å². The van der Waals surface area contributed by atoms with Gasteiger partial charge >= 0.3 is 5.97 Å². The Kier molecular flexibility index (Phi) is 6.62. The Labute approximate surface area is 163 Å². The Morgan fingerprint density at radius 1 is 1.11 bits per heavy atom. The number of carbonyl (C=O) groups excluding carboxylic acids is 2. The first kappa shape index (κ1) is 21.2. The SMILES string of the molecule is COc1ccc(C)cc1NC(=O)[C@H](C)OC(=O)C(C)(C)Oc1ccc(F)cc1. The van der Waals surface area contributed by atoms with E-state index < -0.39 is 29.4 Å². The minimum atomic E-state index is -1.37. The highest BCUT2D eigenvalue weighted by atomic mass is 19.1. The minimum absolute atomic E-state index is 0.310. The Balaban J connectivity index is 2.01. The zero-order valence-electron chi connectivity index (χ0n) is 16.5. The molecule has 0 aliphatic heterocycles. The molecule has 7 heteroatoms. The Morgan fingerprint density at radius 2 is 1.75 bits per heavy atom. The molecule has 28 heavy (non-hydrogen) atoms. The maximum Gasteiger partial charge on any atom is 0.350 e. The second kappa shape index (κ2) is 8.73. The highest BCUT2D eigenvalue weighted by Crippen LogP contribution is 2.26. The molecular weight excluding hydrogens is 365 g/mol. The number of carbonyl (C=O) groups is 2. The fourth-order valence-corrected chi connectivity index (χ4v) is 2.35. The third-order valence-corrected chi connectivity index (χ3v) is 3.94. The lowest BCUT2D eigenvalue weighted by molar-refractivity contribution is -0.166. The van der Waals surface area contributed by atoms with Crippen LogP contribution >= 0.6 is 0 Å². The van der Waals surface area contributed by atoms with Crippen molar-refractivity contribution < 1.29 is 28.2 Å². The second-order valence-corrected chi connectivity index (χ2v) is 6.81. The van der Waals surface area contributed by atoms with Gasteiger partial charge in [0.15, 0.2) is 11.7 Å². The molecule has 0 aromatic heterocycles. The van der Waals surface area contributed by atoms with Crippen LogP contribution in [0.15, 0.2) is 42.5 Å². The number of anilines is 1. The van der Waals surface area contributed by atoms with E-state index in [1.807, 2.05) is 13.0 Å². The van der Waals surface area contributed by atoms with Gasteiger partial charge in [0.05, 0.1) is 12.8 Å². The van der Waals surface area contributed by atoms with Gasteiger partial charge < -0.3 is 19.5 Å². The van der Waals surface area contributed by atoms with Crippen LogP contribution in [0.2, 0.25) is 0 Å². The minimum Gasteiger partial charge on any atom is -0.495 e. The average molecular weight is 389 g/mol. The van der Waals surface area contributed by atoms with E-state index in [4.69, 9.17) is 14.2 Å². The predicted octanol–water partition coefficient (Wildman–Crippen LogP) is 3.87. The molecule has 2 rings (SSSR count). The van der Waals surface area contributed by atoms with Gasteiger partial charge in [-0.3, -0.25) is 4.79 Å². The lowest BCUT2D eigenvalue weighted by atomic mass is 10.1. The van der Waals surface area contributed by atoms with Crippen molar-refractivity contribution in [2.24, 2.45) is 0 Å². The molecule has 2 aromatic rings. The Hall–Kier alpha value is -3.09. The van der Waals surface area contributed by atoms with E-state index in [1.165, 1.54) is 52.1 Å². The summed E-state index contributed by atoms with van der Waals surface area (Å²) in [6, 6.07) is 10.6. The van der Waals surface area contributed by atoms with E-state index in [2.05, 4.69) is 5.32 Å². The van der Waals surface area contributed by atoms with Gasteiger partial charge in [0, 0.05) is 0 Å². The number of nitrogens with one attached hydrogen (secondary N) is 1. The highest BCUT2D eigenvalue weighted by Gasteiger charge is 2.34. The van der Waals surface area contributed by atoms with Gasteiger partial charge in [0.25, 0.3) is 5.91 Å². The fourth-order valence-electron chi connectivity index (χ4n) is 2.35. The molecule has 0 saturated carbocycles. The van der Waals surface area contributed by atoms with Crippen molar-refractivity contribution >= 4 is 17.6 Å². The molecule has 1 N–H and O–H groups in total. The molecule has 2 aromatic carbocycles. The van der Waals surface area contributed by atoms with E-state index >= 15 is 0 Å². The predicted molar refractivity (Wildman–Crippen MR) is 103 cm³/mol. The molecule has 1 amide bonds. The van der Waals surface area contributed by atoms with Crippen LogP contribution in [-0.2, 0) is 14.3 Å².